The predicted octanol–water partition coefficient (Wildman–Crippen LogP) is 1.07. The van der Waals surface area contributed by atoms with Crippen LogP contribution in [0.3, 0.4) is 0 Å². The molecule has 0 bridgehead atoms. The standard InChI is InChI=1S/C7H10BrNO/c1-2-5-3-6(4-8)9-7(5)10/h2,5-6H,1,3-4H2,(H,9,10)/t5-,6-/m1/s1. The summed E-state index contributed by atoms with van der Waals surface area (Å²) in [4.78, 5) is 11.0. The first kappa shape index (κ1) is 7.79. The Kier molecular flexibility index (Phi) is 2.49. The van der Waals surface area contributed by atoms with Crippen LogP contribution in [0.4, 0.5) is 0 Å². The monoisotopic (exact) mass is 203 g/mol. The number of nitrogens with one attached hydrogen (secondary N) is 1. The third kappa shape index (κ3) is 1.40. The molecular weight excluding hydrogens is 194 g/mol. The van der Waals surface area contributed by atoms with Crippen LogP contribution in [0.1, 0.15) is 6.42 Å². The number of carbonyl (C=O) groups is 1. The average molecular weight is 204 g/mol. The van der Waals surface area contributed by atoms with Gasteiger partial charge in [-0.3, -0.25) is 4.79 Å². The number of carbonyl (C=O) groups excluding carboxylic acids is 1. The maximum Gasteiger partial charge on any atom is 0.227 e. The largest absolute Gasteiger partial charge is 0.352 e. The maximum atomic E-state index is 11.0. The Morgan fingerprint density at radius 3 is 2.90 bits per heavy atom. The molecule has 1 aliphatic rings. The van der Waals surface area contributed by atoms with Gasteiger partial charge in [0.1, 0.15) is 0 Å². The zero-order valence-electron chi connectivity index (χ0n) is 5.64. The van der Waals surface area contributed by atoms with Gasteiger partial charge in [0.05, 0.1) is 5.92 Å². The van der Waals surface area contributed by atoms with Gasteiger partial charge in [-0.15, -0.1) is 6.58 Å². The van der Waals surface area contributed by atoms with Crippen molar-refractivity contribution in [2.24, 2.45) is 5.92 Å². The van der Waals surface area contributed by atoms with E-state index in [0.717, 1.165) is 11.8 Å². The van der Waals surface area contributed by atoms with Gasteiger partial charge >= 0.3 is 0 Å². The van der Waals surface area contributed by atoms with E-state index >= 15 is 0 Å². The van der Waals surface area contributed by atoms with E-state index in [1.165, 1.54) is 0 Å². The molecule has 0 aromatic carbocycles. The molecule has 1 N–H and O–H groups in total. The van der Waals surface area contributed by atoms with Crippen molar-refractivity contribution in [1.29, 1.82) is 0 Å². The van der Waals surface area contributed by atoms with E-state index in [9.17, 15) is 4.79 Å². The second-order valence-electron chi connectivity index (χ2n) is 2.44. The summed E-state index contributed by atoms with van der Waals surface area (Å²) in [6, 6.07) is 0.301. The van der Waals surface area contributed by atoms with Crippen LogP contribution >= 0.6 is 15.9 Å². The van der Waals surface area contributed by atoms with Crippen molar-refractivity contribution < 1.29 is 4.79 Å². The zero-order valence-corrected chi connectivity index (χ0v) is 7.23. The third-order valence-electron chi connectivity index (χ3n) is 1.69. The molecule has 10 heavy (non-hydrogen) atoms. The summed E-state index contributed by atoms with van der Waals surface area (Å²) in [6.07, 6.45) is 2.59. The molecule has 0 unspecified atom stereocenters. The molecule has 1 fully saturated rings. The minimum Gasteiger partial charge on any atom is -0.352 e. The fourth-order valence-electron chi connectivity index (χ4n) is 1.09. The molecule has 1 amide bonds. The Hall–Kier alpha value is -0.310. The lowest BCUT2D eigenvalue weighted by Crippen LogP contribution is -2.26. The number of hydrogen-bond acceptors (Lipinski definition) is 1. The molecular formula is C7H10BrNO. The Bertz CT molecular complexity index is 158. The zero-order chi connectivity index (χ0) is 7.56. The highest BCUT2D eigenvalue weighted by molar-refractivity contribution is 9.09. The topological polar surface area (TPSA) is 29.1 Å². The average Bonchev–Trinajstić information content (AvgIpc) is 2.30. The number of alkyl halides is 1. The lowest BCUT2D eigenvalue weighted by Gasteiger charge is -2.01. The molecule has 0 spiro atoms. The van der Waals surface area contributed by atoms with Crippen LogP contribution in [-0.4, -0.2) is 17.3 Å². The molecule has 1 aliphatic heterocycles. The first-order valence-corrected chi connectivity index (χ1v) is 4.39. The molecule has 2 atom stereocenters. The van der Waals surface area contributed by atoms with E-state index in [1.54, 1.807) is 6.08 Å². The summed E-state index contributed by atoms with van der Waals surface area (Å²) < 4.78 is 0. The SMILES string of the molecule is C=C[C@@H]1C[C@H](CBr)NC1=O. The van der Waals surface area contributed by atoms with Crippen molar-refractivity contribution in [3.05, 3.63) is 12.7 Å². The van der Waals surface area contributed by atoms with Crippen LogP contribution in [-0.2, 0) is 4.79 Å². The van der Waals surface area contributed by atoms with Gasteiger partial charge in [-0.25, -0.2) is 0 Å². The fraction of sp³-hybridized carbons (Fsp3) is 0.571. The number of rotatable bonds is 2. The van der Waals surface area contributed by atoms with Gasteiger partial charge in [-0.1, -0.05) is 22.0 Å². The van der Waals surface area contributed by atoms with Gasteiger partial charge in [0.25, 0.3) is 0 Å². The molecule has 1 rings (SSSR count). The highest BCUT2D eigenvalue weighted by atomic mass is 79.9. The van der Waals surface area contributed by atoms with Crippen LogP contribution in [0.5, 0.6) is 0 Å². The van der Waals surface area contributed by atoms with Crippen LogP contribution in [0, 0.1) is 5.92 Å². The van der Waals surface area contributed by atoms with Crippen molar-refractivity contribution in [3.8, 4) is 0 Å². The lowest BCUT2D eigenvalue weighted by molar-refractivity contribution is -0.121. The van der Waals surface area contributed by atoms with Gasteiger partial charge in [-0.2, -0.15) is 0 Å². The van der Waals surface area contributed by atoms with Crippen molar-refractivity contribution >= 4 is 21.8 Å². The smallest absolute Gasteiger partial charge is 0.227 e. The summed E-state index contributed by atoms with van der Waals surface area (Å²) in [5.41, 5.74) is 0. The molecule has 3 heteroatoms. The second kappa shape index (κ2) is 3.19. The molecule has 1 saturated heterocycles. The highest BCUT2D eigenvalue weighted by Gasteiger charge is 2.28. The Morgan fingerprint density at radius 1 is 1.90 bits per heavy atom. The van der Waals surface area contributed by atoms with Crippen molar-refractivity contribution in [1.82, 2.24) is 5.32 Å². The Morgan fingerprint density at radius 2 is 2.60 bits per heavy atom. The van der Waals surface area contributed by atoms with Crippen LogP contribution < -0.4 is 5.32 Å². The van der Waals surface area contributed by atoms with Gasteiger partial charge in [0, 0.05) is 11.4 Å². The number of halogens is 1. The van der Waals surface area contributed by atoms with E-state index in [2.05, 4.69) is 27.8 Å². The molecule has 56 valence electrons. The molecule has 0 radical (unpaired) electrons. The summed E-state index contributed by atoms with van der Waals surface area (Å²) in [7, 11) is 0. The van der Waals surface area contributed by atoms with E-state index in [1.807, 2.05) is 0 Å². The van der Waals surface area contributed by atoms with Gasteiger partial charge in [0.2, 0.25) is 5.91 Å². The first-order chi connectivity index (χ1) is 4.77. The normalized spacial score (nSPS) is 31.9. The quantitative estimate of drug-likeness (QED) is 0.529. The highest BCUT2D eigenvalue weighted by Crippen LogP contribution is 2.16. The fourth-order valence-corrected chi connectivity index (χ4v) is 1.51. The number of amides is 1. The van der Waals surface area contributed by atoms with Crippen LogP contribution in [0.15, 0.2) is 12.7 Å². The van der Waals surface area contributed by atoms with E-state index in [4.69, 9.17) is 0 Å². The first-order valence-electron chi connectivity index (χ1n) is 3.27. The summed E-state index contributed by atoms with van der Waals surface area (Å²) in [5.74, 6) is 0.141. The third-order valence-corrected chi connectivity index (χ3v) is 2.47. The molecule has 0 aliphatic carbocycles. The van der Waals surface area contributed by atoms with Gasteiger partial charge < -0.3 is 5.32 Å². The molecule has 0 aromatic heterocycles. The predicted molar refractivity (Wildman–Crippen MR) is 44.0 cm³/mol. The summed E-state index contributed by atoms with van der Waals surface area (Å²) in [5, 5.41) is 3.68. The Balaban J connectivity index is 2.52. The van der Waals surface area contributed by atoms with Crippen molar-refractivity contribution in [2.75, 3.05) is 5.33 Å². The van der Waals surface area contributed by atoms with E-state index in [-0.39, 0.29) is 11.8 Å². The maximum absolute atomic E-state index is 11.0. The van der Waals surface area contributed by atoms with Crippen molar-refractivity contribution in [3.63, 3.8) is 0 Å². The second-order valence-corrected chi connectivity index (χ2v) is 3.09. The number of hydrogen-bond donors (Lipinski definition) is 1. The lowest BCUT2D eigenvalue weighted by atomic mass is 10.1. The minimum atomic E-state index is 0.0301. The molecule has 1 heterocycles. The van der Waals surface area contributed by atoms with E-state index < -0.39 is 0 Å². The van der Waals surface area contributed by atoms with Gasteiger partial charge in [0.15, 0.2) is 0 Å². The Labute approximate surface area is 68.8 Å². The summed E-state index contributed by atoms with van der Waals surface area (Å²) in [6.45, 7) is 3.59. The van der Waals surface area contributed by atoms with Crippen LogP contribution in [0.25, 0.3) is 0 Å². The van der Waals surface area contributed by atoms with Gasteiger partial charge in [-0.05, 0) is 6.42 Å². The van der Waals surface area contributed by atoms with Crippen LogP contribution in [0.2, 0.25) is 0 Å². The summed E-state index contributed by atoms with van der Waals surface area (Å²) >= 11 is 3.31. The van der Waals surface area contributed by atoms with E-state index in [0.29, 0.717) is 6.04 Å². The van der Waals surface area contributed by atoms with Crippen molar-refractivity contribution in [2.45, 2.75) is 12.5 Å². The molecule has 2 nitrogen and oxygen atoms in total. The molecule has 0 saturated carbocycles. The minimum absolute atomic E-state index is 0.0301. The molecule has 0 aromatic rings.